The lowest BCUT2D eigenvalue weighted by Gasteiger charge is -2.36. The van der Waals surface area contributed by atoms with Gasteiger partial charge in [0.05, 0.1) is 11.6 Å². The zero-order valence-electron chi connectivity index (χ0n) is 14.2. The number of aromatic nitrogens is 1. The zero-order chi connectivity index (χ0) is 17.4. The molecule has 2 aliphatic rings. The van der Waals surface area contributed by atoms with Crippen LogP contribution in [0.1, 0.15) is 51.0 Å². The minimum absolute atomic E-state index is 0.0477. The predicted octanol–water partition coefficient (Wildman–Crippen LogP) is 3.99. The molecule has 1 amide bonds. The van der Waals surface area contributed by atoms with Gasteiger partial charge in [-0.25, -0.2) is 4.79 Å². The summed E-state index contributed by atoms with van der Waals surface area (Å²) in [5.41, 5.74) is 1.26. The van der Waals surface area contributed by atoms with Gasteiger partial charge in [-0.2, -0.15) is 0 Å². The molecule has 1 aliphatic heterocycles. The summed E-state index contributed by atoms with van der Waals surface area (Å²) in [4.78, 5) is 27.2. The van der Waals surface area contributed by atoms with Gasteiger partial charge in [-0.15, -0.1) is 0 Å². The molecule has 2 heterocycles. The maximum atomic E-state index is 12.9. The first-order chi connectivity index (χ1) is 12.1. The summed E-state index contributed by atoms with van der Waals surface area (Å²) in [5, 5.41) is 0.577. The highest BCUT2D eigenvalue weighted by Crippen LogP contribution is 2.30. The zero-order valence-corrected chi connectivity index (χ0v) is 15.0. The van der Waals surface area contributed by atoms with E-state index in [1.807, 2.05) is 4.90 Å². The number of rotatable bonds is 2. The first-order valence-electron chi connectivity index (χ1n) is 9.23. The van der Waals surface area contributed by atoms with Crippen LogP contribution in [0, 0.1) is 5.92 Å². The quantitative estimate of drug-likeness (QED) is 0.811. The number of piperidine rings is 1. The van der Waals surface area contributed by atoms with Gasteiger partial charge < -0.3 is 9.32 Å². The molecular weight excluding hydrogens is 340 g/mol. The van der Waals surface area contributed by atoms with Crippen molar-refractivity contribution < 1.29 is 9.21 Å². The fourth-order valence-electron chi connectivity index (χ4n) is 4.33. The summed E-state index contributed by atoms with van der Waals surface area (Å²) < 4.78 is 7.05. The van der Waals surface area contributed by atoms with E-state index >= 15 is 0 Å². The van der Waals surface area contributed by atoms with Gasteiger partial charge in [0, 0.05) is 24.0 Å². The van der Waals surface area contributed by atoms with Gasteiger partial charge in [-0.3, -0.25) is 9.36 Å². The summed E-state index contributed by atoms with van der Waals surface area (Å²) in [6.07, 6.45) is 7.33. The van der Waals surface area contributed by atoms with E-state index in [4.69, 9.17) is 16.0 Å². The summed E-state index contributed by atoms with van der Waals surface area (Å²) in [7, 11) is 0. The van der Waals surface area contributed by atoms with E-state index in [-0.39, 0.29) is 23.6 Å². The maximum Gasteiger partial charge on any atom is 0.420 e. The van der Waals surface area contributed by atoms with E-state index in [1.165, 1.54) is 6.42 Å². The standard InChI is InChI=1S/C19H23ClN2O3/c20-14-8-9-17-16(11-14)22(19(24)25-17)15-7-4-10-21(12-15)18(23)13-5-2-1-3-6-13/h8-9,11,13,15H,1-7,10,12H2. The molecule has 25 heavy (non-hydrogen) atoms. The Kier molecular flexibility index (Phi) is 4.59. The molecule has 6 heteroatoms. The largest absolute Gasteiger partial charge is 0.420 e. The highest BCUT2D eigenvalue weighted by atomic mass is 35.5. The average molecular weight is 363 g/mol. The summed E-state index contributed by atoms with van der Waals surface area (Å²) in [6.45, 7) is 1.37. The van der Waals surface area contributed by atoms with Gasteiger partial charge >= 0.3 is 5.76 Å². The van der Waals surface area contributed by atoms with Crippen molar-refractivity contribution in [1.29, 1.82) is 0 Å². The number of halogens is 1. The van der Waals surface area contributed by atoms with Gasteiger partial charge in [0.2, 0.25) is 5.91 Å². The minimum Gasteiger partial charge on any atom is -0.408 e. The fraction of sp³-hybridized carbons (Fsp3) is 0.579. The van der Waals surface area contributed by atoms with Crippen LogP contribution in [-0.4, -0.2) is 28.5 Å². The monoisotopic (exact) mass is 362 g/mol. The Morgan fingerprint density at radius 1 is 1.12 bits per heavy atom. The highest BCUT2D eigenvalue weighted by molar-refractivity contribution is 6.31. The van der Waals surface area contributed by atoms with Gasteiger partial charge in [0.1, 0.15) is 0 Å². The molecule has 1 aromatic carbocycles. The lowest BCUT2D eigenvalue weighted by Crippen LogP contribution is -2.45. The second kappa shape index (κ2) is 6.87. The van der Waals surface area contributed by atoms with Crippen molar-refractivity contribution in [1.82, 2.24) is 9.47 Å². The molecule has 0 N–H and O–H groups in total. The van der Waals surface area contributed by atoms with Crippen molar-refractivity contribution in [2.24, 2.45) is 5.92 Å². The normalized spacial score (nSPS) is 22.4. The Balaban J connectivity index is 1.59. The van der Waals surface area contributed by atoms with E-state index < -0.39 is 0 Å². The molecule has 5 nitrogen and oxygen atoms in total. The van der Waals surface area contributed by atoms with Crippen LogP contribution in [-0.2, 0) is 4.79 Å². The lowest BCUT2D eigenvalue weighted by molar-refractivity contribution is -0.138. The van der Waals surface area contributed by atoms with E-state index in [0.717, 1.165) is 50.6 Å². The van der Waals surface area contributed by atoms with Crippen molar-refractivity contribution in [2.75, 3.05) is 13.1 Å². The van der Waals surface area contributed by atoms with Crippen LogP contribution in [0.5, 0.6) is 0 Å². The van der Waals surface area contributed by atoms with Crippen LogP contribution in [0.4, 0.5) is 0 Å². The number of hydrogen-bond donors (Lipinski definition) is 0. The molecule has 1 aliphatic carbocycles. The van der Waals surface area contributed by atoms with Crippen molar-refractivity contribution in [2.45, 2.75) is 51.0 Å². The summed E-state index contributed by atoms with van der Waals surface area (Å²) >= 11 is 6.10. The first-order valence-corrected chi connectivity index (χ1v) is 9.60. The Morgan fingerprint density at radius 2 is 1.92 bits per heavy atom. The number of carbonyl (C=O) groups is 1. The first kappa shape index (κ1) is 16.7. The molecule has 0 radical (unpaired) electrons. The Bertz CT molecular complexity index is 835. The van der Waals surface area contributed by atoms with E-state index in [1.54, 1.807) is 22.8 Å². The van der Waals surface area contributed by atoms with Crippen LogP contribution in [0.2, 0.25) is 5.02 Å². The molecule has 1 saturated carbocycles. The number of amides is 1. The molecule has 2 fully saturated rings. The number of oxazole rings is 1. The Hall–Kier alpha value is -1.75. The van der Waals surface area contributed by atoms with Gasteiger partial charge in [-0.1, -0.05) is 30.9 Å². The molecule has 2 aromatic rings. The number of likely N-dealkylation sites (tertiary alicyclic amines) is 1. The van der Waals surface area contributed by atoms with Gasteiger partial charge in [-0.05, 0) is 43.9 Å². The molecule has 0 spiro atoms. The van der Waals surface area contributed by atoms with Crippen molar-refractivity contribution in [3.8, 4) is 0 Å². The fourth-order valence-corrected chi connectivity index (χ4v) is 4.49. The van der Waals surface area contributed by atoms with Crippen molar-refractivity contribution in [3.05, 3.63) is 33.8 Å². The highest BCUT2D eigenvalue weighted by Gasteiger charge is 2.31. The smallest absolute Gasteiger partial charge is 0.408 e. The summed E-state index contributed by atoms with van der Waals surface area (Å²) in [6, 6.07) is 5.16. The number of carbonyl (C=O) groups excluding carboxylic acids is 1. The van der Waals surface area contributed by atoms with E-state index in [2.05, 4.69) is 0 Å². The number of benzene rings is 1. The number of nitrogens with zero attached hydrogens (tertiary/aromatic N) is 2. The van der Waals surface area contributed by atoms with Crippen LogP contribution in [0.15, 0.2) is 27.4 Å². The third-order valence-electron chi connectivity index (χ3n) is 5.60. The molecule has 1 unspecified atom stereocenters. The average Bonchev–Trinajstić information content (AvgIpc) is 2.97. The van der Waals surface area contributed by atoms with E-state index in [9.17, 15) is 9.59 Å². The number of fused-ring (bicyclic) bond motifs is 1. The van der Waals surface area contributed by atoms with Gasteiger partial charge in [0.25, 0.3) is 0 Å². The molecule has 0 bridgehead atoms. The predicted molar refractivity (Wildman–Crippen MR) is 96.9 cm³/mol. The second-order valence-corrected chi connectivity index (χ2v) is 7.70. The Morgan fingerprint density at radius 3 is 2.72 bits per heavy atom. The minimum atomic E-state index is -0.366. The van der Waals surface area contributed by atoms with Crippen molar-refractivity contribution >= 4 is 28.6 Å². The molecular formula is C19H23ClN2O3. The van der Waals surface area contributed by atoms with Gasteiger partial charge in [0.15, 0.2) is 5.58 Å². The topological polar surface area (TPSA) is 55.5 Å². The second-order valence-electron chi connectivity index (χ2n) is 7.27. The lowest BCUT2D eigenvalue weighted by atomic mass is 9.87. The molecule has 134 valence electrons. The SMILES string of the molecule is O=C(C1CCCCC1)N1CCCC(n2c(=O)oc3ccc(Cl)cc32)C1. The summed E-state index contributed by atoms with van der Waals surface area (Å²) in [5.74, 6) is 0.0669. The van der Waals surface area contributed by atoms with Crippen LogP contribution in [0.3, 0.4) is 0 Å². The van der Waals surface area contributed by atoms with E-state index in [0.29, 0.717) is 17.2 Å². The molecule has 1 aromatic heterocycles. The van der Waals surface area contributed by atoms with Crippen LogP contribution in [0.25, 0.3) is 11.1 Å². The van der Waals surface area contributed by atoms with Crippen LogP contribution >= 0.6 is 11.6 Å². The molecule has 1 saturated heterocycles. The molecule has 1 atom stereocenters. The maximum absolute atomic E-state index is 12.9. The molecule has 4 rings (SSSR count). The Labute approximate surface area is 151 Å². The van der Waals surface area contributed by atoms with Crippen molar-refractivity contribution in [3.63, 3.8) is 0 Å². The van der Waals surface area contributed by atoms with Crippen LogP contribution < -0.4 is 5.76 Å². The third kappa shape index (κ3) is 3.22. The number of hydrogen-bond acceptors (Lipinski definition) is 3. The third-order valence-corrected chi connectivity index (χ3v) is 5.84.